The van der Waals surface area contributed by atoms with Gasteiger partial charge in [0.1, 0.15) is 22.4 Å². The van der Waals surface area contributed by atoms with Gasteiger partial charge >= 0.3 is 0 Å². The Morgan fingerprint density at radius 2 is 1.93 bits per heavy atom. The highest BCUT2D eigenvalue weighted by atomic mass is 35.5. The predicted octanol–water partition coefficient (Wildman–Crippen LogP) is 3.67. The summed E-state index contributed by atoms with van der Waals surface area (Å²) in [6, 6.07) is 13.4. The van der Waals surface area contributed by atoms with Crippen LogP contribution in [0.4, 0.5) is 15.9 Å². The van der Waals surface area contributed by atoms with Crippen molar-refractivity contribution < 1.29 is 4.39 Å². The van der Waals surface area contributed by atoms with E-state index in [0.29, 0.717) is 16.9 Å². The highest BCUT2D eigenvalue weighted by Crippen LogP contribution is 2.30. The minimum Gasteiger partial charge on any atom is -0.381 e. The molecule has 0 unspecified atom stereocenters. The molecule has 4 aromatic rings. The summed E-state index contributed by atoms with van der Waals surface area (Å²) in [6.07, 6.45) is 0. The molecular formula is C20H18ClFN6O. The molecule has 0 radical (unpaired) electrons. The number of benzene rings is 2. The molecule has 2 aromatic carbocycles. The van der Waals surface area contributed by atoms with Crippen LogP contribution in [-0.2, 0) is 7.05 Å². The van der Waals surface area contributed by atoms with Crippen LogP contribution in [0.5, 0.6) is 0 Å². The highest BCUT2D eigenvalue weighted by molar-refractivity contribution is 6.35. The lowest BCUT2D eigenvalue weighted by molar-refractivity contribution is 0.629. The molecule has 0 aliphatic carbocycles. The highest BCUT2D eigenvalue weighted by Gasteiger charge is 2.21. The van der Waals surface area contributed by atoms with E-state index in [1.807, 2.05) is 41.8 Å². The lowest BCUT2D eigenvalue weighted by Crippen LogP contribution is -2.26. The van der Waals surface area contributed by atoms with E-state index in [-0.39, 0.29) is 22.3 Å². The molecule has 2 heterocycles. The third-order valence-corrected chi connectivity index (χ3v) is 5.00. The van der Waals surface area contributed by atoms with Gasteiger partial charge in [0, 0.05) is 18.8 Å². The minimum atomic E-state index is -0.447. The van der Waals surface area contributed by atoms with Gasteiger partial charge in [0.05, 0.1) is 17.1 Å². The number of fused-ring (bicyclic) bond motifs is 1. The van der Waals surface area contributed by atoms with Crippen molar-refractivity contribution in [3.63, 3.8) is 0 Å². The fourth-order valence-electron chi connectivity index (χ4n) is 3.25. The Bertz CT molecular complexity index is 1270. The number of para-hydroxylation sites is 1. The lowest BCUT2D eigenvalue weighted by Gasteiger charge is -2.18. The van der Waals surface area contributed by atoms with Crippen LogP contribution in [0.2, 0.25) is 5.02 Å². The number of nitrogens with two attached hydrogens (primary N) is 1. The maximum atomic E-state index is 13.9. The van der Waals surface area contributed by atoms with E-state index in [2.05, 4.69) is 15.4 Å². The Kier molecular flexibility index (Phi) is 4.71. The van der Waals surface area contributed by atoms with E-state index < -0.39 is 11.6 Å². The molecule has 2 aromatic heterocycles. The zero-order valence-electron chi connectivity index (χ0n) is 15.7. The van der Waals surface area contributed by atoms with Crippen molar-refractivity contribution in [3.8, 4) is 5.69 Å². The van der Waals surface area contributed by atoms with Crippen LogP contribution in [0.3, 0.4) is 0 Å². The van der Waals surface area contributed by atoms with Crippen LogP contribution in [-0.4, -0.2) is 19.3 Å². The summed E-state index contributed by atoms with van der Waals surface area (Å²) in [7, 11) is 1.49. The maximum Gasteiger partial charge on any atom is 0.291 e. The van der Waals surface area contributed by atoms with Gasteiger partial charge in [-0.05, 0) is 31.2 Å². The summed E-state index contributed by atoms with van der Waals surface area (Å²) in [5, 5.41) is 7.02. The van der Waals surface area contributed by atoms with E-state index in [9.17, 15) is 9.18 Å². The van der Waals surface area contributed by atoms with Gasteiger partial charge in [-0.25, -0.2) is 14.1 Å². The molecule has 0 bridgehead atoms. The summed E-state index contributed by atoms with van der Waals surface area (Å²) in [4.78, 5) is 17.2. The Labute approximate surface area is 170 Å². The molecule has 9 heteroatoms. The lowest BCUT2D eigenvalue weighted by atomic mass is 10.2. The van der Waals surface area contributed by atoms with E-state index in [4.69, 9.17) is 17.3 Å². The number of anilines is 2. The number of imidazole rings is 1. The Hall–Kier alpha value is -3.39. The van der Waals surface area contributed by atoms with Crippen LogP contribution in [0.15, 0.2) is 53.3 Å². The molecule has 4 rings (SSSR count). The van der Waals surface area contributed by atoms with Gasteiger partial charge in [-0.3, -0.25) is 9.36 Å². The van der Waals surface area contributed by atoms with Gasteiger partial charge in [0.2, 0.25) is 0 Å². The molecule has 1 atom stereocenters. The van der Waals surface area contributed by atoms with Gasteiger partial charge in [0.25, 0.3) is 5.56 Å². The Morgan fingerprint density at radius 3 is 2.66 bits per heavy atom. The fraction of sp³-hybridized carbons (Fsp3) is 0.150. The van der Waals surface area contributed by atoms with Crippen molar-refractivity contribution in [2.24, 2.45) is 7.05 Å². The molecule has 29 heavy (non-hydrogen) atoms. The van der Waals surface area contributed by atoms with Crippen molar-refractivity contribution >= 4 is 34.1 Å². The van der Waals surface area contributed by atoms with E-state index >= 15 is 0 Å². The third-order valence-electron chi connectivity index (χ3n) is 4.61. The Balaban J connectivity index is 1.88. The molecule has 148 valence electrons. The van der Waals surface area contributed by atoms with Crippen molar-refractivity contribution in [2.45, 2.75) is 13.0 Å². The minimum absolute atomic E-state index is 0.0436. The Morgan fingerprint density at radius 1 is 1.21 bits per heavy atom. The van der Waals surface area contributed by atoms with Crippen molar-refractivity contribution in [1.82, 2.24) is 19.3 Å². The summed E-state index contributed by atoms with van der Waals surface area (Å²) in [5.41, 5.74) is 7.58. The smallest absolute Gasteiger partial charge is 0.291 e. The summed E-state index contributed by atoms with van der Waals surface area (Å²) in [6.45, 7) is 1.84. The fourth-order valence-corrected chi connectivity index (χ4v) is 3.42. The van der Waals surface area contributed by atoms with E-state index in [1.54, 1.807) is 6.07 Å². The van der Waals surface area contributed by atoms with Crippen LogP contribution >= 0.6 is 11.6 Å². The van der Waals surface area contributed by atoms with Crippen LogP contribution in [0.25, 0.3) is 16.7 Å². The molecule has 0 aliphatic rings. The number of aryl methyl sites for hydroxylation is 1. The average Bonchev–Trinajstić information content (AvgIpc) is 3.09. The van der Waals surface area contributed by atoms with Gasteiger partial charge in [0.15, 0.2) is 5.82 Å². The molecule has 0 saturated carbocycles. The number of nitrogens with one attached hydrogen (secondary N) is 1. The van der Waals surface area contributed by atoms with Crippen LogP contribution in [0, 0.1) is 5.82 Å². The standard InChI is InChI=1S/C20H18ClFN6O/c1-11(24-17-16(21)18(23)26-27(2)20(17)29)19-25-14-9-8-12(22)10-15(14)28(19)13-6-4-3-5-7-13/h3-11,24H,1-2H3,(H2,23,26)/t11-/m0/s1. The average molecular weight is 413 g/mol. The first-order valence-electron chi connectivity index (χ1n) is 8.89. The first-order valence-corrected chi connectivity index (χ1v) is 9.26. The number of rotatable bonds is 4. The molecule has 7 nitrogen and oxygen atoms in total. The second-order valence-electron chi connectivity index (χ2n) is 6.64. The summed E-state index contributed by atoms with van der Waals surface area (Å²) in [5.74, 6) is 0.271. The molecule has 0 saturated heterocycles. The van der Waals surface area contributed by atoms with Crippen molar-refractivity contribution in [1.29, 1.82) is 0 Å². The zero-order chi connectivity index (χ0) is 20.7. The van der Waals surface area contributed by atoms with E-state index in [1.165, 1.54) is 19.2 Å². The number of halogens is 2. The SMILES string of the molecule is C[C@H](Nc1c(Cl)c(N)nn(C)c1=O)c1nc2ccc(F)cc2n1-c1ccccc1. The second-order valence-corrected chi connectivity index (χ2v) is 7.02. The number of hydrogen-bond donors (Lipinski definition) is 2. The molecule has 0 fully saturated rings. The largest absolute Gasteiger partial charge is 0.381 e. The topological polar surface area (TPSA) is 90.8 Å². The number of aromatic nitrogens is 4. The normalized spacial score (nSPS) is 12.3. The number of hydrogen-bond acceptors (Lipinski definition) is 5. The van der Waals surface area contributed by atoms with Gasteiger partial charge in [-0.2, -0.15) is 5.10 Å². The summed E-state index contributed by atoms with van der Waals surface area (Å²) < 4.78 is 16.9. The third kappa shape index (κ3) is 3.31. The van der Waals surface area contributed by atoms with E-state index in [0.717, 1.165) is 10.4 Å². The van der Waals surface area contributed by atoms with Crippen molar-refractivity contribution in [3.05, 3.63) is 75.5 Å². The second kappa shape index (κ2) is 7.21. The van der Waals surface area contributed by atoms with Gasteiger partial charge in [-0.15, -0.1) is 0 Å². The van der Waals surface area contributed by atoms with Crippen LogP contribution < -0.4 is 16.6 Å². The number of nitrogens with zero attached hydrogens (tertiary/aromatic N) is 4. The molecule has 0 aliphatic heterocycles. The summed E-state index contributed by atoms with van der Waals surface area (Å²) >= 11 is 6.22. The van der Waals surface area contributed by atoms with Crippen molar-refractivity contribution in [2.75, 3.05) is 11.1 Å². The first kappa shape index (κ1) is 18.9. The van der Waals surface area contributed by atoms with Crippen LogP contribution in [0.1, 0.15) is 18.8 Å². The zero-order valence-corrected chi connectivity index (χ0v) is 16.5. The maximum absolute atomic E-state index is 13.9. The monoisotopic (exact) mass is 412 g/mol. The molecule has 0 amide bonds. The number of nitrogen functional groups attached to an aromatic ring is 1. The first-order chi connectivity index (χ1) is 13.9. The van der Waals surface area contributed by atoms with Gasteiger partial charge in [-0.1, -0.05) is 29.8 Å². The molecule has 0 spiro atoms. The quantitative estimate of drug-likeness (QED) is 0.533. The molecular weight excluding hydrogens is 395 g/mol. The molecule has 3 N–H and O–H groups in total. The predicted molar refractivity (Wildman–Crippen MR) is 112 cm³/mol. The van der Waals surface area contributed by atoms with Gasteiger partial charge < -0.3 is 11.1 Å².